The van der Waals surface area contributed by atoms with E-state index in [0.717, 1.165) is 18.2 Å². The summed E-state index contributed by atoms with van der Waals surface area (Å²) < 4.78 is 65.8. The van der Waals surface area contributed by atoms with Gasteiger partial charge in [0.1, 0.15) is 0 Å². The first-order valence-corrected chi connectivity index (χ1v) is 10.7. The van der Waals surface area contributed by atoms with Crippen molar-refractivity contribution in [1.82, 2.24) is 4.90 Å². The smallest absolute Gasteiger partial charge is 0.373 e. The minimum atomic E-state index is -5.23. The standard InChI is InChI=1S/C19H19ClF3N3O5S/c1-18(29,19(21,22)23)17(28)24-15-9-8-13(10-14(15)20)32(30,31)25-12-6-4-11(5-7-12)16(27)26(2)3/h4-10,25,29H,1-3H3,(H,24,28). The van der Waals surface area contributed by atoms with Crippen molar-refractivity contribution in [2.24, 2.45) is 0 Å². The van der Waals surface area contributed by atoms with Crippen LogP contribution in [-0.4, -0.2) is 56.1 Å². The Kier molecular flexibility index (Phi) is 7.12. The van der Waals surface area contributed by atoms with Gasteiger partial charge in [-0.1, -0.05) is 11.6 Å². The highest BCUT2D eigenvalue weighted by Gasteiger charge is 2.55. The molecule has 32 heavy (non-hydrogen) atoms. The predicted molar refractivity (Wildman–Crippen MR) is 112 cm³/mol. The van der Waals surface area contributed by atoms with E-state index >= 15 is 0 Å². The Labute approximate surface area is 187 Å². The summed E-state index contributed by atoms with van der Waals surface area (Å²) in [6, 6.07) is 8.53. The Morgan fingerprint density at radius 1 is 1.06 bits per heavy atom. The molecule has 0 spiro atoms. The van der Waals surface area contributed by atoms with Crippen LogP contribution in [0.1, 0.15) is 17.3 Å². The number of carbonyl (C=O) groups excluding carboxylic acids is 2. The molecule has 0 aliphatic heterocycles. The zero-order chi connectivity index (χ0) is 24.5. The number of carbonyl (C=O) groups is 2. The largest absolute Gasteiger partial charge is 0.426 e. The van der Waals surface area contributed by atoms with Crippen LogP contribution in [0.15, 0.2) is 47.4 Å². The Bertz CT molecular complexity index is 1130. The van der Waals surface area contributed by atoms with Gasteiger partial charge in [-0.2, -0.15) is 13.2 Å². The summed E-state index contributed by atoms with van der Waals surface area (Å²) in [4.78, 5) is 24.7. The quantitative estimate of drug-likeness (QED) is 0.572. The van der Waals surface area contributed by atoms with Crippen molar-refractivity contribution in [3.63, 3.8) is 0 Å². The highest BCUT2D eigenvalue weighted by atomic mass is 35.5. The molecule has 0 aliphatic rings. The van der Waals surface area contributed by atoms with E-state index < -0.39 is 27.7 Å². The molecule has 0 radical (unpaired) electrons. The van der Waals surface area contributed by atoms with Crippen molar-refractivity contribution < 1.29 is 36.3 Å². The molecule has 0 bridgehead atoms. The first kappa shape index (κ1) is 25.4. The number of aliphatic hydroxyl groups is 1. The van der Waals surface area contributed by atoms with Gasteiger partial charge in [-0.15, -0.1) is 0 Å². The van der Waals surface area contributed by atoms with Gasteiger partial charge in [0.2, 0.25) is 5.60 Å². The third kappa shape index (κ3) is 5.50. The van der Waals surface area contributed by atoms with Crippen LogP contribution < -0.4 is 10.0 Å². The van der Waals surface area contributed by atoms with Crippen LogP contribution in [-0.2, 0) is 14.8 Å². The van der Waals surface area contributed by atoms with Gasteiger partial charge in [0.05, 0.1) is 15.6 Å². The highest BCUT2D eigenvalue weighted by Crippen LogP contribution is 2.33. The first-order valence-electron chi connectivity index (χ1n) is 8.81. The topological polar surface area (TPSA) is 116 Å². The number of alkyl halides is 3. The number of benzene rings is 2. The molecule has 0 aliphatic carbocycles. The molecule has 0 saturated carbocycles. The lowest BCUT2D eigenvalue weighted by Gasteiger charge is -2.25. The van der Waals surface area contributed by atoms with E-state index in [0.29, 0.717) is 5.56 Å². The molecule has 2 aromatic carbocycles. The fraction of sp³-hybridized carbons (Fsp3) is 0.263. The lowest BCUT2D eigenvalue weighted by molar-refractivity contribution is -0.242. The number of amides is 2. The van der Waals surface area contributed by atoms with Crippen molar-refractivity contribution in [3.8, 4) is 0 Å². The minimum absolute atomic E-state index is 0.148. The van der Waals surface area contributed by atoms with Gasteiger partial charge in [0.25, 0.3) is 21.8 Å². The molecular weight excluding hydrogens is 475 g/mol. The van der Waals surface area contributed by atoms with E-state index in [2.05, 4.69) is 4.72 Å². The minimum Gasteiger partial charge on any atom is -0.373 e. The van der Waals surface area contributed by atoms with Crippen molar-refractivity contribution in [2.45, 2.75) is 23.6 Å². The maximum atomic E-state index is 12.8. The second-order valence-corrected chi connectivity index (χ2v) is 9.14. The summed E-state index contributed by atoms with van der Waals surface area (Å²) in [5.41, 5.74) is -3.51. The zero-order valence-electron chi connectivity index (χ0n) is 17.0. The molecule has 1 atom stereocenters. The maximum Gasteiger partial charge on any atom is 0.426 e. The van der Waals surface area contributed by atoms with Crippen LogP contribution in [0.2, 0.25) is 5.02 Å². The van der Waals surface area contributed by atoms with E-state index in [4.69, 9.17) is 11.6 Å². The number of anilines is 2. The summed E-state index contributed by atoms with van der Waals surface area (Å²) >= 11 is 5.92. The van der Waals surface area contributed by atoms with Crippen molar-refractivity contribution in [2.75, 3.05) is 24.1 Å². The van der Waals surface area contributed by atoms with Gasteiger partial charge in [0, 0.05) is 25.3 Å². The summed E-state index contributed by atoms with van der Waals surface area (Å²) in [5.74, 6) is -2.05. The zero-order valence-corrected chi connectivity index (χ0v) is 18.6. The van der Waals surface area contributed by atoms with Gasteiger partial charge in [-0.25, -0.2) is 8.42 Å². The molecule has 0 aromatic heterocycles. The lowest BCUT2D eigenvalue weighted by atomic mass is 10.1. The number of sulfonamides is 1. The second-order valence-electron chi connectivity index (χ2n) is 7.05. The molecule has 1 unspecified atom stereocenters. The van der Waals surface area contributed by atoms with E-state index in [9.17, 15) is 36.3 Å². The van der Waals surface area contributed by atoms with Crippen molar-refractivity contribution >= 4 is 44.8 Å². The Hall–Kier alpha value is -2.83. The average molecular weight is 494 g/mol. The number of rotatable bonds is 6. The molecule has 8 nitrogen and oxygen atoms in total. The number of hydrogen-bond acceptors (Lipinski definition) is 5. The van der Waals surface area contributed by atoms with Gasteiger partial charge in [-0.3, -0.25) is 14.3 Å². The number of hydrogen-bond donors (Lipinski definition) is 3. The molecular formula is C19H19ClF3N3O5S. The predicted octanol–water partition coefficient (Wildman–Crippen LogP) is 3.09. The summed E-state index contributed by atoms with van der Waals surface area (Å²) in [6.07, 6.45) is -5.23. The van der Waals surface area contributed by atoms with Crippen LogP contribution in [0.5, 0.6) is 0 Å². The van der Waals surface area contributed by atoms with Gasteiger partial charge >= 0.3 is 6.18 Å². The van der Waals surface area contributed by atoms with Crippen LogP contribution >= 0.6 is 11.6 Å². The van der Waals surface area contributed by atoms with E-state index in [1.165, 1.54) is 29.2 Å². The third-order valence-electron chi connectivity index (χ3n) is 4.28. The fourth-order valence-electron chi connectivity index (χ4n) is 2.29. The number of halogens is 4. The maximum absolute atomic E-state index is 12.8. The van der Waals surface area contributed by atoms with Crippen LogP contribution in [0.3, 0.4) is 0 Å². The summed E-state index contributed by atoms with van der Waals surface area (Å²) in [6.45, 7) is 0.274. The molecule has 2 aromatic rings. The van der Waals surface area contributed by atoms with Crippen LogP contribution in [0.25, 0.3) is 0 Å². The monoisotopic (exact) mass is 493 g/mol. The highest BCUT2D eigenvalue weighted by molar-refractivity contribution is 7.92. The summed E-state index contributed by atoms with van der Waals surface area (Å²) in [5, 5.41) is 10.8. The molecule has 13 heteroatoms. The van der Waals surface area contributed by atoms with Crippen LogP contribution in [0, 0.1) is 0 Å². The van der Waals surface area contributed by atoms with Crippen molar-refractivity contribution in [3.05, 3.63) is 53.1 Å². The Morgan fingerprint density at radius 2 is 1.62 bits per heavy atom. The van der Waals surface area contributed by atoms with Gasteiger partial charge < -0.3 is 15.3 Å². The van der Waals surface area contributed by atoms with Gasteiger partial charge in [0.15, 0.2) is 0 Å². The Balaban J connectivity index is 2.21. The molecule has 174 valence electrons. The Morgan fingerprint density at radius 3 is 2.09 bits per heavy atom. The number of nitrogens with zero attached hydrogens (tertiary/aromatic N) is 1. The van der Waals surface area contributed by atoms with Crippen molar-refractivity contribution in [1.29, 1.82) is 0 Å². The molecule has 2 rings (SSSR count). The summed E-state index contributed by atoms with van der Waals surface area (Å²) in [7, 11) is -1.02. The number of nitrogens with one attached hydrogen (secondary N) is 2. The van der Waals surface area contributed by atoms with E-state index in [1.54, 1.807) is 14.1 Å². The van der Waals surface area contributed by atoms with E-state index in [1.807, 2.05) is 5.32 Å². The molecule has 3 N–H and O–H groups in total. The SMILES string of the molecule is CN(C)C(=O)c1ccc(NS(=O)(=O)c2ccc(NC(=O)C(C)(O)C(F)(F)F)c(Cl)c2)cc1. The fourth-order valence-corrected chi connectivity index (χ4v) is 3.67. The van der Waals surface area contributed by atoms with E-state index in [-0.39, 0.29) is 34.1 Å². The molecule has 2 amide bonds. The molecule has 0 fully saturated rings. The molecule has 0 heterocycles. The average Bonchev–Trinajstić information content (AvgIpc) is 2.68. The first-order chi connectivity index (χ1) is 14.6. The van der Waals surface area contributed by atoms with Gasteiger partial charge in [-0.05, 0) is 49.4 Å². The normalized spacial score (nSPS) is 13.8. The second kappa shape index (κ2) is 8.96. The lowest BCUT2D eigenvalue weighted by Crippen LogP contribution is -2.52. The molecule has 0 saturated heterocycles. The third-order valence-corrected chi connectivity index (χ3v) is 5.98. The van der Waals surface area contributed by atoms with Crippen LogP contribution in [0.4, 0.5) is 24.5 Å².